The van der Waals surface area contributed by atoms with Crippen LogP contribution in [-0.2, 0) is 11.8 Å². The van der Waals surface area contributed by atoms with E-state index >= 15 is 0 Å². The van der Waals surface area contributed by atoms with Gasteiger partial charge in [-0.15, -0.1) is 11.3 Å². The number of ketones is 1. The molecule has 106 valence electrons. The molecule has 0 saturated heterocycles. The standard InChI is InChI=1S/C15H15ClINOS/c1-15(2,3)13-8-20-14(18-13)7-12(19)10-6-9(16)4-5-11(10)17/h4-6,8H,7H2,1-3H3. The molecular weight excluding hydrogens is 405 g/mol. The van der Waals surface area contributed by atoms with Crippen LogP contribution in [0.1, 0.15) is 41.8 Å². The third-order valence-corrected chi connectivity index (χ3v) is 4.89. The number of halogens is 2. The Labute approximate surface area is 141 Å². The third-order valence-electron chi connectivity index (χ3n) is 2.86. The molecule has 0 saturated carbocycles. The number of hydrogen-bond acceptors (Lipinski definition) is 3. The van der Waals surface area contributed by atoms with E-state index in [1.807, 2.05) is 11.4 Å². The zero-order valence-corrected chi connectivity index (χ0v) is 15.3. The van der Waals surface area contributed by atoms with Crippen molar-refractivity contribution >= 4 is 51.3 Å². The molecule has 1 aromatic heterocycles. The molecule has 0 aliphatic carbocycles. The van der Waals surface area contributed by atoms with E-state index in [0.29, 0.717) is 17.0 Å². The van der Waals surface area contributed by atoms with Gasteiger partial charge < -0.3 is 0 Å². The Balaban J connectivity index is 2.20. The maximum Gasteiger partial charge on any atom is 0.170 e. The zero-order chi connectivity index (χ0) is 14.9. The Morgan fingerprint density at radius 1 is 1.40 bits per heavy atom. The lowest BCUT2D eigenvalue weighted by Gasteiger charge is -2.14. The van der Waals surface area contributed by atoms with Gasteiger partial charge in [-0.2, -0.15) is 0 Å². The van der Waals surface area contributed by atoms with Gasteiger partial charge in [-0.25, -0.2) is 4.98 Å². The van der Waals surface area contributed by atoms with Crippen LogP contribution in [0.3, 0.4) is 0 Å². The van der Waals surface area contributed by atoms with Gasteiger partial charge >= 0.3 is 0 Å². The first kappa shape index (κ1) is 15.9. The molecule has 1 heterocycles. The van der Waals surface area contributed by atoms with Gasteiger partial charge in [0.05, 0.1) is 12.1 Å². The quantitative estimate of drug-likeness (QED) is 0.510. The number of rotatable bonds is 3. The van der Waals surface area contributed by atoms with Crippen LogP contribution >= 0.6 is 45.5 Å². The Hall–Kier alpha value is -0.460. The topological polar surface area (TPSA) is 30.0 Å². The first-order valence-electron chi connectivity index (χ1n) is 6.20. The molecule has 20 heavy (non-hydrogen) atoms. The average molecular weight is 420 g/mol. The van der Waals surface area contributed by atoms with Gasteiger partial charge in [0.2, 0.25) is 0 Å². The minimum atomic E-state index is 0.0161. The maximum atomic E-state index is 12.3. The summed E-state index contributed by atoms with van der Waals surface area (Å²) in [5, 5.41) is 3.48. The Morgan fingerprint density at radius 3 is 2.70 bits per heavy atom. The Morgan fingerprint density at radius 2 is 2.10 bits per heavy atom. The molecule has 0 fully saturated rings. The number of carbonyl (C=O) groups excluding carboxylic acids is 1. The second-order valence-corrected chi connectivity index (χ2v) is 8.14. The van der Waals surface area contributed by atoms with Crippen molar-refractivity contribution in [3.8, 4) is 0 Å². The minimum Gasteiger partial charge on any atom is -0.294 e. The normalized spacial score (nSPS) is 11.7. The third kappa shape index (κ3) is 3.80. The van der Waals surface area contributed by atoms with Crippen LogP contribution < -0.4 is 0 Å². The van der Waals surface area contributed by atoms with Gasteiger partial charge in [-0.05, 0) is 40.8 Å². The van der Waals surface area contributed by atoms with Gasteiger partial charge in [0.1, 0.15) is 5.01 Å². The molecule has 0 amide bonds. The summed E-state index contributed by atoms with van der Waals surface area (Å²) < 4.78 is 0.921. The van der Waals surface area contributed by atoms with Crippen LogP contribution in [0.25, 0.3) is 0 Å². The molecule has 5 heteroatoms. The van der Waals surface area contributed by atoms with Crippen molar-refractivity contribution in [2.24, 2.45) is 0 Å². The number of hydrogen-bond donors (Lipinski definition) is 0. The molecule has 0 atom stereocenters. The summed E-state index contributed by atoms with van der Waals surface area (Å²) in [5.74, 6) is 0.0618. The highest BCUT2D eigenvalue weighted by Crippen LogP contribution is 2.25. The molecule has 2 aromatic rings. The number of thiazole rings is 1. The molecule has 0 aliphatic rings. The van der Waals surface area contributed by atoms with Crippen LogP contribution in [0.4, 0.5) is 0 Å². The summed E-state index contributed by atoms with van der Waals surface area (Å²) in [7, 11) is 0. The predicted molar refractivity (Wildman–Crippen MR) is 93.0 cm³/mol. The molecule has 1 aromatic carbocycles. The molecule has 2 nitrogen and oxygen atoms in total. The van der Waals surface area contributed by atoms with Gasteiger partial charge in [-0.1, -0.05) is 32.4 Å². The second-order valence-electron chi connectivity index (χ2n) is 5.60. The molecule has 2 rings (SSSR count). The van der Waals surface area contributed by atoms with Crippen molar-refractivity contribution in [1.29, 1.82) is 0 Å². The fourth-order valence-corrected chi connectivity index (χ4v) is 3.51. The van der Waals surface area contributed by atoms with Crippen LogP contribution in [0.2, 0.25) is 5.02 Å². The average Bonchev–Trinajstić information content (AvgIpc) is 2.80. The largest absolute Gasteiger partial charge is 0.294 e. The van der Waals surface area contributed by atoms with Crippen LogP contribution in [0, 0.1) is 3.57 Å². The van der Waals surface area contributed by atoms with Gasteiger partial charge in [0, 0.05) is 25.0 Å². The van der Waals surface area contributed by atoms with Crippen molar-refractivity contribution < 1.29 is 4.79 Å². The predicted octanol–water partition coefficient (Wildman–Crippen LogP) is 5.12. The second kappa shape index (κ2) is 6.12. The van der Waals surface area contributed by atoms with E-state index in [1.165, 1.54) is 0 Å². The Kier molecular flexibility index (Phi) is 4.87. The number of benzene rings is 1. The van der Waals surface area contributed by atoms with Crippen molar-refractivity contribution in [2.45, 2.75) is 32.6 Å². The Bertz CT molecular complexity index is 646. The van der Waals surface area contributed by atoms with Crippen LogP contribution in [0.5, 0.6) is 0 Å². The number of carbonyl (C=O) groups is 1. The van der Waals surface area contributed by atoms with E-state index < -0.39 is 0 Å². The lowest BCUT2D eigenvalue weighted by molar-refractivity contribution is 0.0992. The summed E-state index contributed by atoms with van der Waals surface area (Å²) in [5.41, 5.74) is 1.72. The van der Waals surface area contributed by atoms with Gasteiger partial charge in [0.15, 0.2) is 5.78 Å². The highest BCUT2D eigenvalue weighted by atomic mass is 127. The molecule has 0 bridgehead atoms. The summed E-state index contributed by atoms with van der Waals surface area (Å²) in [6.07, 6.45) is 0.330. The zero-order valence-electron chi connectivity index (χ0n) is 11.5. The molecular formula is C15H15ClINOS. The fourth-order valence-electron chi connectivity index (χ4n) is 1.68. The molecule has 0 unspecified atom stereocenters. The first-order valence-corrected chi connectivity index (χ1v) is 8.54. The van der Waals surface area contributed by atoms with Gasteiger partial charge in [0.25, 0.3) is 0 Å². The summed E-state index contributed by atoms with van der Waals surface area (Å²) in [6, 6.07) is 5.38. The highest BCUT2D eigenvalue weighted by molar-refractivity contribution is 14.1. The summed E-state index contributed by atoms with van der Waals surface area (Å²) in [4.78, 5) is 16.9. The fraction of sp³-hybridized carbons (Fsp3) is 0.333. The van der Waals surface area contributed by atoms with Crippen molar-refractivity contribution in [3.05, 3.63) is 48.4 Å². The van der Waals surface area contributed by atoms with E-state index in [2.05, 4.69) is 48.3 Å². The number of nitrogens with zero attached hydrogens (tertiary/aromatic N) is 1. The molecule has 0 spiro atoms. The minimum absolute atomic E-state index is 0.0161. The first-order chi connectivity index (χ1) is 9.27. The lowest BCUT2D eigenvalue weighted by Crippen LogP contribution is -2.12. The SMILES string of the molecule is CC(C)(C)c1csc(CC(=O)c2cc(Cl)ccc2I)n1. The van der Waals surface area contributed by atoms with E-state index in [4.69, 9.17) is 11.6 Å². The number of aromatic nitrogens is 1. The maximum absolute atomic E-state index is 12.3. The monoisotopic (exact) mass is 419 g/mol. The summed E-state index contributed by atoms with van der Waals surface area (Å²) in [6.45, 7) is 6.36. The van der Waals surface area contributed by atoms with Gasteiger partial charge in [-0.3, -0.25) is 4.79 Å². The number of Topliss-reactive ketones (excluding diaryl/α,β-unsaturated/α-hetero) is 1. The lowest BCUT2D eigenvalue weighted by atomic mass is 9.93. The van der Waals surface area contributed by atoms with E-state index in [0.717, 1.165) is 14.3 Å². The van der Waals surface area contributed by atoms with Crippen LogP contribution in [0.15, 0.2) is 23.6 Å². The highest BCUT2D eigenvalue weighted by Gasteiger charge is 2.19. The molecule has 0 radical (unpaired) electrons. The van der Waals surface area contributed by atoms with Crippen molar-refractivity contribution in [2.75, 3.05) is 0 Å². The van der Waals surface area contributed by atoms with Crippen LogP contribution in [-0.4, -0.2) is 10.8 Å². The van der Waals surface area contributed by atoms with Crippen molar-refractivity contribution in [1.82, 2.24) is 4.98 Å². The van der Waals surface area contributed by atoms with E-state index in [1.54, 1.807) is 23.5 Å². The van der Waals surface area contributed by atoms with E-state index in [-0.39, 0.29) is 11.2 Å². The smallest absolute Gasteiger partial charge is 0.170 e. The molecule has 0 aliphatic heterocycles. The van der Waals surface area contributed by atoms with E-state index in [9.17, 15) is 4.79 Å². The van der Waals surface area contributed by atoms with Crippen molar-refractivity contribution in [3.63, 3.8) is 0 Å². The summed E-state index contributed by atoms with van der Waals surface area (Å²) >= 11 is 9.66. The molecule has 0 N–H and O–H groups in total.